The molecule has 0 radical (unpaired) electrons. The first-order chi connectivity index (χ1) is 13.5. The number of anilines is 2. The Bertz CT molecular complexity index is 1240. The number of hydrogen-bond donors (Lipinski definition) is 1. The highest BCUT2D eigenvalue weighted by molar-refractivity contribution is 5.85. The van der Waals surface area contributed by atoms with Crippen LogP contribution in [-0.4, -0.2) is 44.1 Å². The van der Waals surface area contributed by atoms with Crippen LogP contribution >= 0.6 is 0 Å². The summed E-state index contributed by atoms with van der Waals surface area (Å²) in [5, 5.41) is 17.2. The standard InChI is InChI=1S/C20H19N7O/c1-13-8-18(23-14-10-22-26(11-14)12-19(28)25(2)3)27-17-7-5-4-6-16(17)24-20(27)15(13)9-21/h4-8,10-11,23H,12H2,1-3H3. The number of amides is 1. The van der Waals surface area contributed by atoms with Crippen molar-refractivity contribution >= 4 is 34.1 Å². The Hall–Kier alpha value is -3.86. The summed E-state index contributed by atoms with van der Waals surface area (Å²) in [6, 6.07) is 11.9. The Morgan fingerprint density at radius 1 is 1.32 bits per heavy atom. The van der Waals surface area contributed by atoms with Crippen molar-refractivity contribution in [2.24, 2.45) is 0 Å². The zero-order valence-corrected chi connectivity index (χ0v) is 15.8. The minimum atomic E-state index is -0.0353. The molecule has 1 N–H and O–H groups in total. The van der Waals surface area contributed by atoms with E-state index in [0.717, 1.165) is 28.1 Å². The number of nitrogens with zero attached hydrogens (tertiary/aromatic N) is 6. The molecule has 8 heteroatoms. The maximum Gasteiger partial charge on any atom is 0.243 e. The minimum Gasteiger partial charge on any atom is -0.347 e. The largest absolute Gasteiger partial charge is 0.347 e. The summed E-state index contributed by atoms with van der Waals surface area (Å²) in [6.07, 6.45) is 3.45. The molecule has 0 atom stereocenters. The van der Waals surface area contributed by atoms with E-state index >= 15 is 0 Å². The van der Waals surface area contributed by atoms with E-state index in [-0.39, 0.29) is 12.5 Å². The summed E-state index contributed by atoms with van der Waals surface area (Å²) in [7, 11) is 3.43. The number of fused-ring (bicyclic) bond motifs is 3. The molecule has 4 rings (SSSR count). The molecule has 28 heavy (non-hydrogen) atoms. The highest BCUT2D eigenvalue weighted by Gasteiger charge is 2.15. The fraction of sp³-hybridized carbons (Fsp3) is 0.200. The van der Waals surface area contributed by atoms with Gasteiger partial charge in [-0.25, -0.2) is 4.98 Å². The lowest BCUT2D eigenvalue weighted by molar-refractivity contribution is -0.129. The molecule has 0 aliphatic carbocycles. The van der Waals surface area contributed by atoms with Crippen molar-refractivity contribution in [1.82, 2.24) is 24.1 Å². The van der Waals surface area contributed by atoms with Gasteiger partial charge in [-0.05, 0) is 30.7 Å². The van der Waals surface area contributed by atoms with E-state index in [1.165, 1.54) is 4.90 Å². The minimum absolute atomic E-state index is 0.0353. The molecule has 0 saturated carbocycles. The molecule has 0 aliphatic heterocycles. The molecule has 0 fully saturated rings. The van der Waals surface area contributed by atoms with Crippen molar-refractivity contribution in [3.63, 3.8) is 0 Å². The number of hydrogen-bond acceptors (Lipinski definition) is 5. The quantitative estimate of drug-likeness (QED) is 0.594. The third kappa shape index (κ3) is 2.93. The highest BCUT2D eigenvalue weighted by Crippen LogP contribution is 2.28. The second-order valence-corrected chi connectivity index (χ2v) is 6.80. The van der Waals surface area contributed by atoms with E-state index in [1.54, 1.807) is 31.2 Å². The summed E-state index contributed by atoms with van der Waals surface area (Å²) in [5.41, 5.74) is 4.47. The maximum atomic E-state index is 11.9. The number of imidazole rings is 1. The van der Waals surface area contributed by atoms with Crippen molar-refractivity contribution in [3.8, 4) is 6.07 Å². The predicted octanol–water partition coefficient (Wildman–Crippen LogP) is 2.70. The SMILES string of the molecule is Cc1cc(Nc2cnn(CC(=O)N(C)C)c2)n2c(nc3ccccc32)c1C#N. The van der Waals surface area contributed by atoms with Gasteiger partial charge in [0.1, 0.15) is 18.4 Å². The molecule has 0 bridgehead atoms. The zero-order valence-electron chi connectivity index (χ0n) is 15.8. The predicted molar refractivity (Wildman–Crippen MR) is 106 cm³/mol. The highest BCUT2D eigenvalue weighted by atomic mass is 16.2. The molecule has 8 nitrogen and oxygen atoms in total. The first-order valence-corrected chi connectivity index (χ1v) is 8.78. The number of carbonyl (C=O) groups excluding carboxylic acids is 1. The van der Waals surface area contributed by atoms with Gasteiger partial charge in [0, 0.05) is 20.3 Å². The van der Waals surface area contributed by atoms with Gasteiger partial charge in [-0.3, -0.25) is 13.9 Å². The Morgan fingerprint density at radius 3 is 2.86 bits per heavy atom. The molecule has 3 heterocycles. The fourth-order valence-electron chi connectivity index (χ4n) is 3.13. The zero-order chi connectivity index (χ0) is 19.8. The lowest BCUT2D eigenvalue weighted by Gasteiger charge is -2.11. The van der Waals surface area contributed by atoms with Crippen molar-refractivity contribution in [2.45, 2.75) is 13.5 Å². The van der Waals surface area contributed by atoms with Gasteiger partial charge in [0.25, 0.3) is 0 Å². The average molecular weight is 373 g/mol. The van der Waals surface area contributed by atoms with E-state index in [2.05, 4.69) is 21.5 Å². The van der Waals surface area contributed by atoms with Crippen LogP contribution in [0.15, 0.2) is 42.7 Å². The van der Waals surface area contributed by atoms with Crippen molar-refractivity contribution < 1.29 is 4.79 Å². The molecule has 0 aliphatic rings. The van der Waals surface area contributed by atoms with Crippen LogP contribution in [0.3, 0.4) is 0 Å². The molecule has 4 aromatic rings. The van der Waals surface area contributed by atoms with E-state index in [1.807, 2.05) is 41.7 Å². The van der Waals surface area contributed by atoms with Gasteiger partial charge in [0.2, 0.25) is 5.91 Å². The van der Waals surface area contributed by atoms with Gasteiger partial charge in [-0.1, -0.05) is 12.1 Å². The summed E-state index contributed by atoms with van der Waals surface area (Å²) in [5.74, 6) is 0.741. The average Bonchev–Trinajstić information content (AvgIpc) is 3.26. The van der Waals surface area contributed by atoms with Gasteiger partial charge < -0.3 is 10.2 Å². The van der Waals surface area contributed by atoms with Gasteiger partial charge in [0.15, 0.2) is 5.65 Å². The van der Waals surface area contributed by atoms with Crippen molar-refractivity contribution in [2.75, 3.05) is 19.4 Å². The first-order valence-electron chi connectivity index (χ1n) is 8.78. The van der Waals surface area contributed by atoms with Crippen LogP contribution in [0.5, 0.6) is 0 Å². The molecular formula is C20H19N7O. The number of nitriles is 1. The summed E-state index contributed by atoms with van der Waals surface area (Å²) < 4.78 is 3.52. The number of nitrogens with one attached hydrogen (secondary N) is 1. The Balaban J connectivity index is 1.78. The number of rotatable bonds is 4. The summed E-state index contributed by atoms with van der Waals surface area (Å²) >= 11 is 0. The van der Waals surface area contributed by atoms with Crippen LogP contribution in [0.25, 0.3) is 16.7 Å². The molecule has 0 unspecified atom stereocenters. The Kier molecular flexibility index (Phi) is 4.20. The van der Waals surface area contributed by atoms with Crippen LogP contribution < -0.4 is 5.32 Å². The number of para-hydroxylation sites is 2. The third-order valence-corrected chi connectivity index (χ3v) is 4.59. The molecule has 0 saturated heterocycles. The number of pyridine rings is 1. The van der Waals surface area contributed by atoms with Gasteiger partial charge in [-0.15, -0.1) is 0 Å². The maximum absolute atomic E-state index is 11.9. The number of likely N-dealkylation sites (N-methyl/N-ethyl adjacent to an activating group) is 1. The monoisotopic (exact) mass is 373 g/mol. The first kappa shape index (κ1) is 17.5. The fourth-order valence-corrected chi connectivity index (χ4v) is 3.13. The van der Waals surface area contributed by atoms with Crippen LogP contribution in [0.1, 0.15) is 11.1 Å². The molecule has 1 amide bonds. The second kappa shape index (κ2) is 6.70. The van der Waals surface area contributed by atoms with Crippen molar-refractivity contribution in [1.29, 1.82) is 5.26 Å². The molecule has 140 valence electrons. The molecule has 0 spiro atoms. The number of benzene rings is 1. The van der Waals surface area contributed by atoms with Gasteiger partial charge in [-0.2, -0.15) is 10.4 Å². The van der Waals surface area contributed by atoms with Crippen molar-refractivity contribution in [3.05, 3.63) is 53.9 Å². The lowest BCUT2D eigenvalue weighted by atomic mass is 10.1. The summed E-state index contributed by atoms with van der Waals surface area (Å²) in [6.45, 7) is 2.06. The number of carbonyl (C=O) groups is 1. The van der Waals surface area contributed by atoms with E-state index in [9.17, 15) is 10.1 Å². The van der Waals surface area contributed by atoms with Crippen LogP contribution in [0, 0.1) is 18.3 Å². The number of aryl methyl sites for hydroxylation is 1. The number of aromatic nitrogens is 4. The van der Waals surface area contributed by atoms with Crippen LogP contribution in [0.4, 0.5) is 11.5 Å². The smallest absolute Gasteiger partial charge is 0.243 e. The second-order valence-electron chi connectivity index (χ2n) is 6.80. The topological polar surface area (TPSA) is 91.2 Å². The molecule has 1 aromatic carbocycles. The molecule has 3 aromatic heterocycles. The van der Waals surface area contributed by atoms with Gasteiger partial charge in [0.05, 0.1) is 28.5 Å². The van der Waals surface area contributed by atoms with Crippen LogP contribution in [-0.2, 0) is 11.3 Å². The molecular weight excluding hydrogens is 354 g/mol. The lowest BCUT2D eigenvalue weighted by Crippen LogP contribution is -2.26. The van der Waals surface area contributed by atoms with Crippen LogP contribution in [0.2, 0.25) is 0 Å². The Morgan fingerprint density at radius 2 is 2.11 bits per heavy atom. The van der Waals surface area contributed by atoms with E-state index in [0.29, 0.717) is 11.2 Å². The van der Waals surface area contributed by atoms with E-state index in [4.69, 9.17) is 0 Å². The third-order valence-electron chi connectivity index (χ3n) is 4.59. The van der Waals surface area contributed by atoms with Gasteiger partial charge >= 0.3 is 0 Å². The van der Waals surface area contributed by atoms with E-state index < -0.39 is 0 Å². The summed E-state index contributed by atoms with van der Waals surface area (Å²) in [4.78, 5) is 18.1. The normalized spacial score (nSPS) is 10.9. The Labute approximate surface area is 161 Å².